The molecule has 0 saturated heterocycles. The molecule has 4 nitrogen and oxygen atoms in total. The third-order valence-corrected chi connectivity index (χ3v) is 2.89. The maximum Gasteiger partial charge on any atom is 0.264 e. The van der Waals surface area contributed by atoms with Crippen LogP contribution < -0.4 is 0 Å². The summed E-state index contributed by atoms with van der Waals surface area (Å²) in [5.41, 5.74) is 0. The molecule has 2 aliphatic carbocycles. The second-order valence-electron chi connectivity index (χ2n) is 3.56. The number of fused-ring (bicyclic) bond motifs is 1. The van der Waals surface area contributed by atoms with Crippen LogP contribution in [0.1, 0.15) is 25.7 Å². The van der Waals surface area contributed by atoms with Gasteiger partial charge < -0.3 is 5.11 Å². The fourth-order valence-corrected chi connectivity index (χ4v) is 2.22. The van der Waals surface area contributed by atoms with Crippen molar-refractivity contribution in [1.29, 1.82) is 0 Å². The molecule has 78 valence electrons. The van der Waals surface area contributed by atoms with Gasteiger partial charge in [-0.1, -0.05) is 12.8 Å². The molecule has 2 saturated carbocycles. The number of carbonyl (C=O) groups is 3. The highest BCUT2D eigenvalue weighted by molar-refractivity contribution is 6.68. The Labute approximate surface area is 82.3 Å². The van der Waals surface area contributed by atoms with Gasteiger partial charge in [0, 0.05) is 18.9 Å². The maximum atomic E-state index is 11.2. The fourth-order valence-electron chi connectivity index (χ4n) is 2.22. The second-order valence-corrected chi connectivity index (χ2v) is 3.56. The standard InChI is InChI=1S/C9H10O3.CH4O/c10-7-5-3-1-2-4-6(5)8(11)9(7)12;1-2/h5-6H,1-4H2;2H,1H3. The molecule has 0 aromatic heterocycles. The van der Waals surface area contributed by atoms with E-state index in [4.69, 9.17) is 5.11 Å². The number of aliphatic hydroxyl groups excluding tert-OH is 1. The summed E-state index contributed by atoms with van der Waals surface area (Å²) in [7, 11) is 1.00. The van der Waals surface area contributed by atoms with Gasteiger partial charge in [0.15, 0.2) is 0 Å². The summed E-state index contributed by atoms with van der Waals surface area (Å²) in [6.45, 7) is 0. The molecule has 0 heterocycles. The number of Topliss-reactive ketones (excluding diaryl/α,β-unsaturated/α-hetero) is 3. The van der Waals surface area contributed by atoms with Crippen molar-refractivity contribution in [2.45, 2.75) is 25.7 Å². The van der Waals surface area contributed by atoms with Crippen LogP contribution in [0.15, 0.2) is 0 Å². The van der Waals surface area contributed by atoms with Gasteiger partial charge in [0.2, 0.25) is 11.6 Å². The molecule has 2 fully saturated rings. The zero-order chi connectivity index (χ0) is 10.7. The summed E-state index contributed by atoms with van der Waals surface area (Å²) in [5, 5.41) is 7.00. The summed E-state index contributed by atoms with van der Waals surface area (Å²) < 4.78 is 0. The first kappa shape index (κ1) is 11.0. The molecule has 2 rings (SSSR count). The van der Waals surface area contributed by atoms with E-state index in [0.717, 1.165) is 32.8 Å². The minimum Gasteiger partial charge on any atom is -0.400 e. The average Bonchev–Trinajstić information content (AvgIpc) is 2.48. The molecular weight excluding hydrogens is 184 g/mol. The Bertz CT molecular complexity index is 243. The Morgan fingerprint density at radius 3 is 1.64 bits per heavy atom. The average molecular weight is 198 g/mol. The fraction of sp³-hybridized carbons (Fsp3) is 0.700. The van der Waals surface area contributed by atoms with E-state index in [1.54, 1.807) is 0 Å². The molecule has 2 atom stereocenters. The third-order valence-electron chi connectivity index (χ3n) is 2.89. The number of rotatable bonds is 0. The summed E-state index contributed by atoms with van der Waals surface area (Å²) in [6.07, 6.45) is 3.43. The molecule has 2 unspecified atom stereocenters. The van der Waals surface area contributed by atoms with Crippen molar-refractivity contribution < 1.29 is 19.5 Å². The van der Waals surface area contributed by atoms with E-state index >= 15 is 0 Å². The molecule has 14 heavy (non-hydrogen) atoms. The third kappa shape index (κ3) is 1.62. The molecule has 0 bridgehead atoms. The SMILES string of the molecule is CO.O=C1C(=O)C2CCCCC2C1=O. The lowest BCUT2D eigenvalue weighted by Crippen LogP contribution is -2.21. The van der Waals surface area contributed by atoms with Gasteiger partial charge in [-0.2, -0.15) is 0 Å². The van der Waals surface area contributed by atoms with Crippen molar-refractivity contribution >= 4 is 17.3 Å². The monoisotopic (exact) mass is 198 g/mol. The van der Waals surface area contributed by atoms with Crippen LogP contribution >= 0.6 is 0 Å². The van der Waals surface area contributed by atoms with Crippen LogP contribution in [0.4, 0.5) is 0 Å². The van der Waals surface area contributed by atoms with Crippen LogP contribution in [0.3, 0.4) is 0 Å². The van der Waals surface area contributed by atoms with Gasteiger partial charge in [-0.05, 0) is 12.8 Å². The van der Waals surface area contributed by atoms with E-state index in [0.29, 0.717) is 0 Å². The van der Waals surface area contributed by atoms with E-state index in [9.17, 15) is 14.4 Å². The van der Waals surface area contributed by atoms with Crippen molar-refractivity contribution in [2.75, 3.05) is 7.11 Å². The number of carbonyl (C=O) groups excluding carboxylic acids is 3. The van der Waals surface area contributed by atoms with Gasteiger partial charge in [0.05, 0.1) is 0 Å². The Hall–Kier alpha value is -1.03. The van der Waals surface area contributed by atoms with Crippen LogP contribution in [0.2, 0.25) is 0 Å². The summed E-state index contributed by atoms with van der Waals surface area (Å²) in [5.74, 6) is -2.10. The largest absolute Gasteiger partial charge is 0.400 e. The molecule has 0 aromatic carbocycles. The molecule has 4 heteroatoms. The van der Waals surface area contributed by atoms with Crippen molar-refractivity contribution in [2.24, 2.45) is 11.8 Å². The number of hydrogen-bond donors (Lipinski definition) is 1. The Kier molecular flexibility index (Phi) is 3.52. The van der Waals surface area contributed by atoms with Crippen molar-refractivity contribution in [3.8, 4) is 0 Å². The minimum absolute atomic E-state index is 0.251. The van der Waals surface area contributed by atoms with E-state index in [2.05, 4.69) is 0 Å². The molecule has 0 spiro atoms. The Morgan fingerprint density at radius 2 is 1.29 bits per heavy atom. The lowest BCUT2D eigenvalue weighted by atomic mass is 9.81. The van der Waals surface area contributed by atoms with Crippen LogP contribution in [0.25, 0.3) is 0 Å². The quantitative estimate of drug-likeness (QED) is 0.561. The van der Waals surface area contributed by atoms with Crippen molar-refractivity contribution in [1.82, 2.24) is 0 Å². The zero-order valence-electron chi connectivity index (χ0n) is 8.16. The van der Waals surface area contributed by atoms with E-state index in [-0.39, 0.29) is 11.8 Å². The first-order valence-electron chi connectivity index (χ1n) is 4.79. The summed E-state index contributed by atoms with van der Waals surface area (Å²) in [4.78, 5) is 33.3. The van der Waals surface area contributed by atoms with Gasteiger partial charge in [-0.15, -0.1) is 0 Å². The lowest BCUT2D eigenvalue weighted by Gasteiger charge is -2.20. The lowest BCUT2D eigenvalue weighted by molar-refractivity contribution is -0.141. The number of ketones is 3. The Balaban J connectivity index is 0.000000461. The molecular formula is C10H14O4. The first-order chi connectivity index (χ1) is 6.72. The van der Waals surface area contributed by atoms with Crippen LogP contribution in [0, 0.1) is 11.8 Å². The highest BCUT2D eigenvalue weighted by Crippen LogP contribution is 2.36. The maximum absolute atomic E-state index is 11.2. The van der Waals surface area contributed by atoms with E-state index in [1.165, 1.54) is 0 Å². The topological polar surface area (TPSA) is 71.4 Å². The first-order valence-corrected chi connectivity index (χ1v) is 4.79. The minimum atomic E-state index is -0.744. The second kappa shape index (κ2) is 4.46. The van der Waals surface area contributed by atoms with E-state index < -0.39 is 17.3 Å². The van der Waals surface area contributed by atoms with Crippen LogP contribution in [-0.4, -0.2) is 29.6 Å². The molecule has 1 N–H and O–H groups in total. The highest BCUT2D eigenvalue weighted by atomic mass is 16.2. The van der Waals surface area contributed by atoms with Crippen LogP contribution in [-0.2, 0) is 14.4 Å². The van der Waals surface area contributed by atoms with Gasteiger partial charge in [0.1, 0.15) is 0 Å². The zero-order valence-corrected chi connectivity index (χ0v) is 8.16. The number of hydrogen-bond acceptors (Lipinski definition) is 4. The van der Waals surface area contributed by atoms with Crippen molar-refractivity contribution in [3.63, 3.8) is 0 Å². The van der Waals surface area contributed by atoms with Crippen molar-refractivity contribution in [3.05, 3.63) is 0 Å². The summed E-state index contributed by atoms with van der Waals surface area (Å²) in [6, 6.07) is 0. The van der Waals surface area contributed by atoms with Gasteiger partial charge >= 0.3 is 0 Å². The number of aliphatic hydroxyl groups is 1. The van der Waals surface area contributed by atoms with Gasteiger partial charge in [-0.3, -0.25) is 14.4 Å². The molecule has 0 aromatic rings. The van der Waals surface area contributed by atoms with Gasteiger partial charge in [-0.25, -0.2) is 0 Å². The van der Waals surface area contributed by atoms with E-state index in [1.807, 2.05) is 0 Å². The normalized spacial score (nSPS) is 30.9. The Morgan fingerprint density at radius 1 is 0.929 bits per heavy atom. The smallest absolute Gasteiger partial charge is 0.264 e. The molecule has 2 aliphatic rings. The molecule has 0 amide bonds. The highest BCUT2D eigenvalue weighted by Gasteiger charge is 2.48. The summed E-state index contributed by atoms with van der Waals surface area (Å²) >= 11 is 0. The predicted molar refractivity (Wildman–Crippen MR) is 48.6 cm³/mol. The van der Waals surface area contributed by atoms with Gasteiger partial charge in [0.25, 0.3) is 5.78 Å². The van der Waals surface area contributed by atoms with Crippen LogP contribution in [0.5, 0.6) is 0 Å². The molecule has 0 aliphatic heterocycles. The molecule has 0 radical (unpaired) electrons. The predicted octanol–water partition coefficient (Wildman–Crippen LogP) is 0.122.